The number of nitrogens with zero attached hydrogens (tertiary/aromatic N) is 3. The Morgan fingerprint density at radius 3 is 3.21 bits per heavy atom. The lowest BCUT2D eigenvalue weighted by atomic mass is 10.1. The van der Waals surface area contributed by atoms with Crippen LogP contribution in [0.5, 0.6) is 0 Å². The molecule has 5 heteroatoms. The van der Waals surface area contributed by atoms with Gasteiger partial charge in [-0.15, -0.1) is 5.10 Å². The average Bonchev–Trinajstić information content (AvgIpc) is 2.66. The average molecular weight is 193 g/mol. The molecular formula is C9H15N5. The third-order valence-corrected chi connectivity index (χ3v) is 2.30. The molecular weight excluding hydrogens is 178 g/mol. The molecule has 5 nitrogen and oxygen atoms in total. The van der Waals surface area contributed by atoms with Crippen molar-refractivity contribution >= 4 is 5.57 Å². The zero-order valence-electron chi connectivity index (χ0n) is 8.27. The van der Waals surface area contributed by atoms with Crippen LogP contribution in [0.15, 0.2) is 12.3 Å². The third kappa shape index (κ3) is 1.83. The summed E-state index contributed by atoms with van der Waals surface area (Å²) in [6, 6.07) is 0.0885. The summed E-state index contributed by atoms with van der Waals surface area (Å²) in [4.78, 5) is 0. The third-order valence-electron chi connectivity index (χ3n) is 2.30. The lowest BCUT2D eigenvalue weighted by Crippen LogP contribution is -2.37. The van der Waals surface area contributed by atoms with Crippen molar-refractivity contribution < 1.29 is 0 Å². The van der Waals surface area contributed by atoms with E-state index in [9.17, 15) is 0 Å². The van der Waals surface area contributed by atoms with Gasteiger partial charge in [0.05, 0.1) is 6.20 Å². The van der Waals surface area contributed by atoms with E-state index >= 15 is 0 Å². The van der Waals surface area contributed by atoms with Gasteiger partial charge in [0.1, 0.15) is 5.69 Å². The second-order valence-corrected chi connectivity index (χ2v) is 3.45. The second kappa shape index (κ2) is 3.89. The molecule has 0 saturated heterocycles. The zero-order chi connectivity index (χ0) is 9.97. The topological polar surface area (TPSA) is 68.8 Å². The predicted octanol–water partition coefficient (Wildman–Crippen LogP) is -0.388. The van der Waals surface area contributed by atoms with Crippen molar-refractivity contribution in [2.75, 3.05) is 13.1 Å². The summed E-state index contributed by atoms with van der Waals surface area (Å²) in [5, 5.41) is 11.3. The Kier molecular flexibility index (Phi) is 2.60. The standard InChI is InChI=1S/C9H15N5/c1-2-14-6-9(12-13-14)7-3-8(10)5-11-4-7/h3,6,8,11H,2,4-5,10H2,1H3. The van der Waals surface area contributed by atoms with Gasteiger partial charge in [-0.1, -0.05) is 11.3 Å². The minimum Gasteiger partial charge on any atom is -0.323 e. The summed E-state index contributed by atoms with van der Waals surface area (Å²) in [6.45, 7) is 4.55. The van der Waals surface area contributed by atoms with Crippen LogP contribution < -0.4 is 11.1 Å². The van der Waals surface area contributed by atoms with Crippen LogP contribution in [0, 0.1) is 0 Å². The molecule has 1 aromatic rings. The molecule has 0 amide bonds. The summed E-state index contributed by atoms with van der Waals surface area (Å²) in [5.74, 6) is 0. The molecule has 1 aliphatic heterocycles. The maximum Gasteiger partial charge on any atom is 0.110 e. The van der Waals surface area contributed by atoms with Crippen LogP contribution >= 0.6 is 0 Å². The molecule has 1 atom stereocenters. The molecule has 0 aliphatic carbocycles. The van der Waals surface area contributed by atoms with Gasteiger partial charge in [-0.2, -0.15) is 0 Å². The predicted molar refractivity (Wildman–Crippen MR) is 54.5 cm³/mol. The minimum atomic E-state index is 0.0885. The van der Waals surface area contributed by atoms with Crippen molar-refractivity contribution in [3.05, 3.63) is 18.0 Å². The number of nitrogens with one attached hydrogen (secondary N) is 1. The SMILES string of the molecule is CCn1cc(C2=CC(N)CNC2)nn1. The van der Waals surface area contributed by atoms with E-state index < -0.39 is 0 Å². The molecule has 3 N–H and O–H groups in total. The normalized spacial score (nSPS) is 22.1. The van der Waals surface area contributed by atoms with Gasteiger partial charge in [-0.05, 0) is 12.5 Å². The van der Waals surface area contributed by atoms with Gasteiger partial charge in [-0.3, -0.25) is 4.68 Å². The molecule has 14 heavy (non-hydrogen) atoms. The minimum absolute atomic E-state index is 0.0885. The largest absolute Gasteiger partial charge is 0.323 e. The Balaban J connectivity index is 2.21. The number of hydrogen-bond donors (Lipinski definition) is 2. The van der Waals surface area contributed by atoms with E-state index in [1.54, 1.807) is 0 Å². The first-order chi connectivity index (χ1) is 6.79. The molecule has 0 aromatic carbocycles. The molecule has 1 aromatic heterocycles. The van der Waals surface area contributed by atoms with Crippen molar-refractivity contribution in [1.29, 1.82) is 0 Å². The first-order valence-electron chi connectivity index (χ1n) is 4.87. The van der Waals surface area contributed by atoms with Gasteiger partial charge in [0.2, 0.25) is 0 Å². The quantitative estimate of drug-likeness (QED) is 0.671. The molecule has 0 radical (unpaired) electrons. The molecule has 2 rings (SSSR count). The Bertz CT molecular complexity index is 341. The summed E-state index contributed by atoms with van der Waals surface area (Å²) in [6.07, 6.45) is 4.01. The van der Waals surface area contributed by atoms with E-state index in [0.717, 1.165) is 30.9 Å². The van der Waals surface area contributed by atoms with Gasteiger partial charge in [0, 0.05) is 25.7 Å². The van der Waals surface area contributed by atoms with E-state index in [1.165, 1.54) is 0 Å². The highest BCUT2D eigenvalue weighted by Crippen LogP contribution is 2.12. The van der Waals surface area contributed by atoms with E-state index in [4.69, 9.17) is 5.73 Å². The van der Waals surface area contributed by atoms with Gasteiger partial charge < -0.3 is 11.1 Å². The van der Waals surface area contributed by atoms with Crippen molar-refractivity contribution in [2.45, 2.75) is 19.5 Å². The van der Waals surface area contributed by atoms with Crippen LogP contribution in [0.25, 0.3) is 5.57 Å². The summed E-state index contributed by atoms with van der Waals surface area (Å²) < 4.78 is 1.82. The maximum atomic E-state index is 5.81. The van der Waals surface area contributed by atoms with Crippen molar-refractivity contribution in [2.24, 2.45) is 5.73 Å². The molecule has 0 saturated carbocycles. The maximum absolute atomic E-state index is 5.81. The van der Waals surface area contributed by atoms with Gasteiger partial charge in [0.15, 0.2) is 0 Å². The number of aryl methyl sites for hydroxylation is 1. The number of aromatic nitrogens is 3. The molecule has 0 spiro atoms. The highest BCUT2D eigenvalue weighted by atomic mass is 15.4. The summed E-state index contributed by atoms with van der Waals surface area (Å²) >= 11 is 0. The Labute approximate surface area is 83.0 Å². The highest BCUT2D eigenvalue weighted by molar-refractivity contribution is 5.64. The molecule has 1 aliphatic rings. The molecule has 2 heterocycles. The first-order valence-corrected chi connectivity index (χ1v) is 4.87. The molecule has 0 bridgehead atoms. The fourth-order valence-electron chi connectivity index (χ4n) is 1.53. The van der Waals surface area contributed by atoms with Crippen LogP contribution in [-0.2, 0) is 6.54 Å². The Hall–Kier alpha value is -1.20. The lowest BCUT2D eigenvalue weighted by molar-refractivity contribution is 0.626. The zero-order valence-corrected chi connectivity index (χ0v) is 8.27. The van der Waals surface area contributed by atoms with Gasteiger partial charge in [-0.25, -0.2) is 0 Å². The van der Waals surface area contributed by atoms with Gasteiger partial charge in [0.25, 0.3) is 0 Å². The smallest absolute Gasteiger partial charge is 0.110 e. The fraction of sp³-hybridized carbons (Fsp3) is 0.556. The van der Waals surface area contributed by atoms with E-state index in [0.29, 0.717) is 0 Å². The molecule has 76 valence electrons. The summed E-state index contributed by atoms with van der Waals surface area (Å²) in [7, 11) is 0. The monoisotopic (exact) mass is 193 g/mol. The fourth-order valence-corrected chi connectivity index (χ4v) is 1.53. The number of hydrogen-bond acceptors (Lipinski definition) is 4. The Morgan fingerprint density at radius 2 is 2.57 bits per heavy atom. The van der Waals surface area contributed by atoms with Crippen molar-refractivity contribution in [1.82, 2.24) is 20.3 Å². The number of nitrogens with two attached hydrogens (primary N) is 1. The van der Waals surface area contributed by atoms with Crippen molar-refractivity contribution in [3.63, 3.8) is 0 Å². The molecule has 1 unspecified atom stereocenters. The van der Waals surface area contributed by atoms with Crippen LogP contribution in [-0.4, -0.2) is 34.1 Å². The Morgan fingerprint density at radius 1 is 1.71 bits per heavy atom. The summed E-state index contributed by atoms with van der Waals surface area (Å²) in [5.41, 5.74) is 7.88. The van der Waals surface area contributed by atoms with Crippen LogP contribution in [0.1, 0.15) is 12.6 Å². The van der Waals surface area contributed by atoms with E-state index in [1.807, 2.05) is 17.8 Å². The highest BCUT2D eigenvalue weighted by Gasteiger charge is 2.12. The van der Waals surface area contributed by atoms with Crippen molar-refractivity contribution in [3.8, 4) is 0 Å². The first kappa shape index (κ1) is 9.36. The van der Waals surface area contributed by atoms with E-state index in [2.05, 4.69) is 21.7 Å². The van der Waals surface area contributed by atoms with Crippen LogP contribution in [0.4, 0.5) is 0 Å². The van der Waals surface area contributed by atoms with Gasteiger partial charge >= 0.3 is 0 Å². The lowest BCUT2D eigenvalue weighted by Gasteiger charge is -2.17. The molecule has 0 fully saturated rings. The van der Waals surface area contributed by atoms with E-state index in [-0.39, 0.29) is 6.04 Å². The second-order valence-electron chi connectivity index (χ2n) is 3.45. The van der Waals surface area contributed by atoms with Crippen LogP contribution in [0.2, 0.25) is 0 Å². The van der Waals surface area contributed by atoms with Crippen LogP contribution in [0.3, 0.4) is 0 Å². The number of rotatable bonds is 2.